The standard InChI is InChI=1S/C18H19N3OS/c1-12(2)15-11-23-17(21-15)9-8-16(22)20-14-7-3-5-13-6-4-10-19-18(13)14/h3-7,10-12H,8-9H2,1-2H3,(H,20,22). The Hall–Kier alpha value is -2.27. The van der Waals surface area contributed by atoms with Gasteiger partial charge in [0.05, 0.1) is 21.9 Å². The number of hydrogen-bond acceptors (Lipinski definition) is 4. The Morgan fingerprint density at radius 3 is 2.87 bits per heavy atom. The van der Waals surface area contributed by atoms with E-state index in [1.165, 1.54) is 0 Å². The van der Waals surface area contributed by atoms with Gasteiger partial charge in [0.15, 0.2) is 0 Å². The first kappa shape index (κ1) is 15.6. The fraction of sp³-hybridized carbons (Fsp3) is 0.278. The quantitative estimate of drug-likeness (QED) is 0.757. The van der Waals surface area contributed by atoms with E-state index in [4.69, 9.17) is 0 Å². The van der Waals surface area contributed by atoms with Gasteiger partial charge in [0, 0.05) is 29.8 Å². The molecule has 1 amide bonds. The van der Waals surface area contributed by atoms with E-state index in [-0.39, 0.29) is 5.91 Å². The number of benzene rings is 1. The summed E-state index contributed by atoms with van der Waals surface area (Å²) in [5, 5.41) is 7.07. The maximum Gasteiger partial charge on any atom is 0.224 e. The van der Waals surface area contributed by atoms with E-state index < -0.39 is 0 Å². The van der Waals surface area contributed by atoms with Crippen molar-refractivity contribution in [1.82, 2.24) is 9.97 Å². The molecule has 3 rings (SSSR count). The van der Waals surface area contributed by atoms with Crippen LogP contribution in [0, 0.1) is 0 Å². The maximum absolute atomic E-state index is 12.2. The number of nitrogens with zero attached hydrogens (tertiary/aromatic N) is 2. The van der Waals surface area contributed by atoms with Crippen LogP contribution >= 0.6 is 11.3 Å². The number of fused-ring (bicyclic) bond motifs is 1. The lowest BCUT2D eigenvalue weighted by Crippen LogP contribution is -2.12. The highest BCUT2D eigenvalue weighted by Gasteiger charge is 2.10. The molecule has 0 bridgehead atoms. The molecule has 0 unspecified atom stereocenters. The average Bonchev–Trinajstić information content (AvgIpc) is 3.03. The van der Waals surface area contributed by atoms with Gasteiger partial charge in [0.25, 0.3) is 0 Å². The minimum atomic E-state index is -0.00977. The Morgan fingerprint density at radius 2 is 2.09 bits per heavy atom. The van der Waals surface area contributed by atoms with Crippen LogP contribution in [0.3, 0.4) is 0 Å². The van der Waals surface area contributed by atoms with Crippen molar-refractivity contribution >= 4 is 33.8 Å². The summed E-state index contributed by atoms with van der Waals surface area (Å²) < 4.78 is 0. The number of carbonyl (C=O) groups excluding carboxylic acids is 1. The monoisotopic (exact) mass is 325 g/mol. The number of carbonyl (C=O) groups is 1. The zero-order valence-corrected chi connectivity index (χ0v) is 14.1. The minimum absolute atomic E-state index is 0.00977. The van der Waals surface area contributed by atoms with Crippen molar-refractivity contribution in [1.29, 1.82) is 0 Å². The van der Waals surface area contributed by atoms with E-state index in [2.05, 4.69) is 34.5 Å². The van der Waals surface area contributed by atoms with Gasteiger partial charge < -0.3 is 5.32 Å². The highest BCUT2D eigenvalue weighted by Crippen LogP contribution is 2.22. The second-order valence-electron chi connectivity index (χ2n) is 5.75. The van der Waals surface area contributed by atoms with Gasteiger partial charge in [-0.1, -0.05) is 32.0 Å². The topological polar surface area (TPSA) is 54.9 Å². The van der Waals surface area contributed by atoms with Crippen molar-refractivity contribution in [3.05, 3.63) is 52.6 Å². The number of anilines is 1. The van der Waals surface area contributed by atoms with E-state index >= 15 is 0 Å². The van der Waals surface area contributed by atoms with Gasteiger partial charge >= 0.3 is 0 Å². The van der Waals surface area contributed by atoms with E-state index in [9.17, 15) is 4.79 Å². The highest BCUT2D eigenvalue weighted by molar-refractivity contribution is 7.09. The average molecular weight is 325 g/mol. The van der Waals surface area contributed by atoms with Crippen LogP contribution in [-0.4, -0.2) is 15.9 Å². The summed E-state index contributed by atoms with van der Waals surface area (Å²) in [6, 6.07) is 9.67. The van der Waals surface area contributed by atoms with E-state index in [1.54, 1.807) is 17.5 Å². The third-order valence-electron chi connectivity index (χ3n) is 3.63. The third kappa shape index (κ3) is 3.74. The van der Waals surface area contributed by atoms with Crippen LogP contribution in [0.1, 0.15) is 36.9 Å². The van der Waals surface area contributed by atoms with Crippen LogP contribution < -0.4 is 5.32 Å². The van der Waals surface area contributed by atoms with Gasteiger partial charge in [0.1, 0.15) is 0 Å². The summed E-state index contributed by atoms with van der Waals surface area (Å²) in [6.45, 7) is 4.25. The Kier molecular flexibility index (Phi) is 4.67. The zero-order valence-electron chi connectivity index (χ0n) is 13.2. The molecule has 3 aromatic rings. The molecule has 0 atom stereocenters. The van der Waals surface area contributed by atoms with Gasteiger partial charge in [-0.25, -0.2) is 4.98 Å². The molecule has 118 valence electrons. The summed E-state index contributed by atoms with van der Waals surface area (Å²) in [5.41, 5.74) is 2.68. The van der Waals surface area contributed by atoms with Crippen molar-refractivity contribution in [2.75, 3.05) is 5.32 Å². The molecule has 0 aliphatic heterocycles. The molecule has 2 heterocycles. The molecule has 2 aromatic heterocycles. The Morgan fingerprint density at radius 1 is 1.26 bits per heavy atom. The molecule has 4 nitrogen and oxygen atoms in total. The van der Waals surface area contributed by atoms with Crippen molar-refractivity contribution in [2.45, 2.75) is 32.6 Å². The number of para-hydroxylation sites is 1. The van der Waals surface area contributed by atoms with E-state index in [1.807, 2.05) is 30.3 Å². The first-order valence-electron chi connectivity index (χ1n) is 7.71. The maximum atomic E-state index is 12.2. The van der Waals surface area contributed by atoms with Crippen LogP contribution in [0.15, 0.2) is 41.9 Å². The van der Waals surface area contributed by atoms with Gasteiger partial charge in [0.2, 0.25) is 5.91 Å². The van der Waals surface area contributed by atoms with E-state index in [0.29, 0.717) is 18.8 Å². The largest absolute Gasteiger partial charge is 0.324 e. The Bertz CT molecular complexity index is 821. The van der Waals surface area contributed by atoms with Crippen molar-refractivity contribution < 1.29 is 4.79 Å². The number of aromatic nitrogens is 2. The second kappa shape index (κ2) is 6.87. The lowest BCUT2D eigenvalue weighted by atomic mass is 10.2. The Labute approximate surface area is 139 Å². The lowest BCUT2D eigenvalue weighted by molar-refractivity contribution is -0.116. The van der Waals surface area contributed by atoms with Crippen molar-refractivity contribution in [3.63, 3.8) is 0 Å². The summed E-state index contributed by atoms with van der Waals surface area (Å²) in [5.74, 6) is 0.417. The lowest BCUT2D eigenvalue weighted by Gasteiger charge is -2.07. The smallest absolute Gasteiger partial charge is 0.224 e. The van der Waals surface area contributed by atoms with Gasteiger partial charge in [-0.3, -0.25) is 9.78 Å². The molecule has 5 heteroatoms. The molecular weight excluding hydrogens is 306 g/mol. The SMILES string of the molecule is CC(C)c1csc(CCC(=O)Nc2cccc3cccnc23)n1. The fourth-order valence-corrected chi connectivity index (χ4v) is 3.30. The number of rotatable bonds is 5. The second-order valence-corrected chi connectivity index (χ2v) is 6.69. The van der Waals surface area contributed by atoms with Gasteiger partial charge in [-0.15, -0.1) is 11.3 Å². The number of amides is 1. The molecular formula is C18H19N3OS. The number of nitrogens with one attached hydrogen (secondary N) is 1. The predicted octanol–water partition coefficient (Wildman–Crippen LogP) is 4.39. The van der Waals surface area contributed by atoms with Gasteiger partial charge in [-0.2, -0.15) is 0 Å². The molecule has 0 spiro atoms. The van der Waals surface area contributed by atoms with Crippen LogP contribution in [-0.2, 0) is 11.2 Å². The molecule has 23 heavy (non-hydrogen) atoms. The normalized spacial score (nSPS) is 11.1. The van der Waals surface area contributed by atoms with E-state index in [0.717, 1.165) is 27.3 Å². The molecule has 1 N–H and O–H groups in total. The Balaban J connectivity index is 1.64. The summed E-state index contributed by atoms with van der Waals surface area (Å²) >= 11 is 1.63. The molecule has 0 radical (unpaired) electrons. The number of thiazole rings is 1. The summed E-state index contributed by atoms with van der Waals surface area (Å²) in [6.07, 6.45) is 2.83. The highest BCUT2D eigenvalue weighted by atomic mass is 32.1. The zero-order chi connectivity index (χ0) is 16.2. The summed E-state index contributed by atoms with van der Waals surface area (Å²) in [4.78, 5) is 21.1. The van der Waals surface area contributed by atoms with Crippen molar-refractivity contribution in [2.24, 2.45) is 0 Å². The number of hydrogen-bond donors (Lipinski definition) is 1. The predicted molar refractivity (Wildman–Crippen MR) is 94.9 cm³/mol. The van der Waals surface area contributed by atoms with Crippen LogP contribution in [0.25, 0.3) is 10.9 Å². The van der Waals surface area contributed by atoms with Crippen molar-refractivity contribution in [3.8, 4) is 0 Å². The molecule has 0 aliphatic carbocycles. The van der Waals surface area contributed by atoms with Crippen LogP contribution in [0.4, 0.5) is 5.69 Å². The van der Waals surface area contributed by atoms with Crippen LogP contribution in [0.5, 0.6) is 0 Å². The number of pyridine rings is 1. The molecule has 0 saturated carbocycles. The van der Waals surface area contributed by atoms with Crippen LogP contribution in [0.2, 0.25) is 0 Å². The first-order valence-corrected chi connectivity index (χ1v) is 8.59. The molecule has 0 saturated heterocycles. The first-order chi connectivity index (χ1) is 11.1. The fourth-order valence-electron chi connectivity index (χ4n) is 2.34. The number of aryl methyl sites for hydroxylation is 1. The molecule has 0 aliphatic rings. The summed E-state index contributed by atoms with van der Waals surface area (Å²) in [7, 11) is 0. The molecule has 0 fully saturated rings. The molecule has 1 aromatic carbocycles. The van der Waals surface area contributed by atoms with Gasteiger partial charge in [-0.05, 0) is 18.1 Å². The third-order valence-corrected chi connectivity index (χ3v) is 4.56. The minimum Gasteiger partial charge on any atom is -0.324 e.